The summed E-state index contributed by atoms with van der Waals surface area (Å²) in [5.41, 5.74) is 1.01. The van der Waals surface area contributed by atoms with Crippen molar-refractivity contribution in [2.45, 2.75) is 48.8 Å². The third kappa shape index (κ3) is 8.93. The lowest BCUT2D eigenvalue weighted by Gasteiger charge is -2.51. The maximum atomic E-state index is 16.2. The zero-order chi connectivity index (χ0) is 37.8. The van der Waals surface area contributed by atoms with Crippen LogP contribution in [-0.2, 0) is 30.1 Å². The maximum absolute atomic E-state index is 16.2. The Bertz CT molecular complexity index is 1880. The molecule has 14 heteroatoms. The number of nitrogens with zero attached hydrogens (tertiary/aromatic N) is 6. The van der Waals surface area contributed by atoms with Crippen LogP contribution >= 0.6 is 0 Å². The van der Waals surface area contributed by atoms with Gasteiger partial charge in [0.05, 0.1) is 31.2 Å². The van der Waals surface area contributed by atoms with Crippen molar-refractivity contribution in [3.05, 3.63) is 102 Å². The lowest BCUT2D eigenvalue weighted by Crippen LogP contribution is -2.61. The van der Waals surface area contributed by atoms with Gasteiger partial charge in [0.2, 0.25) is 0 Å². The molecule has 284 valence electrons. The summed E-state index contributed by atoms with van der Waals surface area (Å²) in [4.78, 5) is 15.1. The van der Waals surface area contributed by atoms with Crippen molar-refractivity contribution < 1.29 is 31.2 Å². The minimum Gasteiger partial charge on any atom is -0.497 e. The molecule has 2 unspecified atom stereocenters. The summed E-state index contributed by atoms with van der Waals surface area (Å²) in [5.74, 6) is 1.36. The van der Waals surface area contributed by atoms with E-state index in [0.717, 1.165) is 38.5 Å². The Kier molecular flexibility index (Phi) is 11.9. The number of ether oxygens (including phenoxy) is 2. The standard InChI is InChI=1S/C39H46F4N6O3S/c1-46-22-29(23-46)24-47(2)38(16-13-28-7-5-8-31(19-28)39(41,42)43)15-6-18-48(26-38)32-10-12-36(34(40)20-32)53(50)49(37-14-17-44-27-45-37)25-30-9-11-33(51-3)21-35(30)52-4/h5,7-12,14,17,19-21,27,29H,6,13,15-16,18,22-26H2,1-4H3. The van der Waals surface area contributed by atoms with Gasteiger partial charge in [0.1, 0.15) is 29.5 Å². The monoisotopic (exact) mass is 754 g/mol. The van der Waals surface area contributed by atoms with E-state index in [1.54, 1.807) is 49.6 Å². The van der Waals surface area contributed by atoms with Gasteiger partial charge in [-0.2, -0.15) is 13.2 Å². The van der Waals surface area contributed by atoms with Crippen molar-refractivity contribution in [1.82, 2.24) is 19.8 Å². The van der Waals surface area contributed by atoms with Crippen molar-refractivity contribution in [2.24, 2.45) is 5.92 Å². The Morgan fingerprint density at radius 3 is 2.53 bits per heavy atom. The molecule has 3 heterocycles. The molecule has 0 N–H and O–H groups in total. The van der Waals surface area contributed by atoms with E-state index in [1.807, 2.05) is 0 Å². The number of anilines is 2. The van der Waals surface area contributed by atoms with Gasteiger partial charge >= 0.3 is 6.18 Å². The summed E-state index contributed by atoms with van der Waals surface area (Å²) >= 11 is 0. The van der Waals surface area contributed by atoms with E-state index < -0.39 is 28.5 Å². The molecule has 1 aromatic heterocycles. The number of hydrogen-bond acceptors (Lipinski definition) is 8. The number of aromatic nitrogens is 2. The Morgan fingerprint density at radius 1 is 1.04 bits per heavy atom. The van der Waals surface area contributed by atoms with Gasteiger partial charge in [-0.1, -0.05) is 18.2 Å². The predicted molar refractivity (Wildman–Crippen MR) is 198 cm³/mol. The van der Waals surface area contributed by atoms with Crippen molar-refractivity contribution in [3.8, 4) is 11.5 Å². The van der Waals surface area contributed by atoms with Gasteiger partial charge in [-0.3, -0.25) is 9.21 Å². The highest BCUT2D eigenvalue weighted by Crippen LogP contribution is 2.37. The summed E-state index contributed by atoms with van der Waals surface area (Å²) in [5, 5.41) is 0. The first kappa shape index (κ1) is 38.5. The predicted octanol–water partition coefficient (Wildman–Crippen LogP) is 6.85. The van der Waals surface area contributed by atoms with Crippen LogP contribution in [0, 0.1) is 11.7 Å². The molecular weight excluding hydrogens is 709 g/mol. The molecule has 0 bridgehead atoms. The molecule has 0 radical (unpaired) electrons. The van der Waals surface area contributed by atoms with Crippen LogP contribution in [0.3, 0.4) is 0 Å². The summed E-state index contributed by atoms with van der Waals surface area (Å²) in [6.45, 7) is 4.24. The van der Waals surface area contributed by atoms with E-state index in [-0.39, 0.29) is 17.0 Å². The quantitative estimate of drug-likeness (QED) is 0.130. The van der Waals surface area contributed by atoms with E-state index in [4.69, 9.17) is 9.47 Å². The molecule has 6 rings (SSSR count). The second-order valence-electron chi connectivity index (χ2n) is 14.1. The average molecular weight is 755 g/mol. The molecule has 2 aliphatic rings. The number of rotatable bonds is 14. The van der Waals surface area contributed by atoms with Crippen LogP contribution in [-0.4, -0.2) is 90.6 Å². The third-order valence-electron chi connectivity index (χ3n) is 10.5. The van der Waals surface area contributed by atoms with Gasteiger partial charge in [0, 0.05) is 61.8 Å². The largest absolute Gasteiger partial charge is 0.497 e. The van der Waals surface area contributed by atoms with Crippen LogP contribution in [0.2, 0.25) is 0 Å². The number of benzene rings is 3. The fourth-order valence-electron chi connectivity index (χ4n) is 7.58. The summed E-state index contributed by atoms with van der Waals surface area (Å²) in [6, 6.07) is 17.3. The number of halogens is 4. The molecular formula is C39H46F4N6O3S. The topological polar surface area (TPSA) is 74.3 Å². The van der Waals surface area contributed by atoms with Crippen molar-refractivity contribution in [3.63, 3.8) is 0 Å². The van der Waals surface area contributed by atoms with Crippen molar-refractivity contribution in [1.29, 1.82) is 0 Å². The van der Waals surface area contributed by atoms with Crippen LogP contribution in [0.1, 0.15) is 36.0 Å². The first-order valence-corrected chi connectivity index (χ1v) is 18.8. The Hall–Kier alpha value is -4.27. The average Bonchev–Trinajstić information content (AvgIpc) is 3.15. The molecule has 3 aromatic carbocycles. The Labute approximate surface area is 311 Å². The highest BCUT2D eigenvalue weighted by atomic mass is 32.2. The van der Waals surface area contributed by atoms with Gasteiger partial charge in [-0.05, 0) is 93.7 Å². The first-order valence-electron chi connectivity index (χ1n) is 17.7. The van der Waals surface area contributed by atoms with Crippen LogP contribution in [0.4, 0.5) is 29.1 Å². The van der Waals surface area contributed by atoms with Gasteiger partial charge in [0.25, 0.3) is 0 Å². The van der Waals surface area contributed by atoms with E-state index in [1.165, 1.54) is 42.1 Å². The molecule has 0 saturated carbocycles. The molecule has 4 aromatic rings. The summed E-state index contributed by atoms with van der Waals surface area (Å²) < 4.78 is 83.4. The summed E-state index contributed by atoms with van der Waals surface area (Å²) in [7, 11) is 5.29. The highest BCUT2D eigenvalue weighted by Gasteiger charge is 2.41. The van der Waals surface area contributed by atoms with Crippen LogP contribution < -0.4 is 18.7 Å². The molecule has 0 aliphatic carbocycles. The van der Waals surface area contributed by atoms with E-state index >= 15 is 4.39 Å². The number of alkyl halides is 3. The Balaban J connectivity index is 1.25. The number of methoxy groups -OCH3 is 2. The number of likely N-dealkylation sites (N-methyl/N-ethyl adjacent to an activating group) is 1. The zero-order valence-electron chi connectivity index (χ0n) is 30.5. The molecule has 53 heavy (non-hydrogen) atoms. The van der Waals surface area contributed by atoms with Gasteiger partial charge in [0.15, 0.2) is 11.0 Å². The zero-order valence-corrected chi connectivity index (χ0v) is 31.3. The normalized spacial score (nSPS) is 18.8. The van der Waals surface area contributed by atoms with E-state index in [9.17, 15) is 17.4 Å². The minimum atomic E-state index is -4.41. The molecule has 2 fully saturated rings. The van der Waals surface area contributed by atoms with E-state index in [2.05, 4.69) is 38.8 Å². The van der Waals surface area contributed by atoms with Crippen LogP contribution in [0.25, 0.3) is 0 Å². The van der Waals surface area contributed by atoms with Crippen LogP contribution in [0.5, 0.6) is 11.5 Å². The smallest absolute Gasteiger partial charge is 0.416 e. The number of likely N-dealkylation sites (tertiary alicyclic amines) is 1. The second-order valence-corrected chi connectivity index (χ2v) is 15.4. The Morgan fingerprint density at radius 2 is 1.85 bits per heavy atom. The maximum Gasteiger partial charge on any atom is 0.416 e. The lowest BCUT2D eigenvalue weighted by molar-refractivity contribution is -0.137. The first-order chi connectivity index (χ1) is 25.4. The van der Waals surface area contributed by atoms with Crippen molar-refractivity contribution >= 4 is 22.5 Å². The highest BCUT2D eigenvalue weighted by molar-refractivity contribution is 7.86. The molecule has 0 spiro atoms. The van der Waals surface area contributed by atoms with E-state index in [0.29, 0.717) is 66.0 Å². The molecule has 2 atom stereocenters. The fourth-order valence-corrected chi connectivity index (χ4v) is 8.77. The van der Waals surface area contributed by atoms with Gasteiger partial charge in [-0.15, -0.1) is 0 Å². The van der Waals surface area contributed by atoms with Gasteiger partial charge < -0.3 is 19.3 Å². The molecule has 2 saturated heterocycles. The number of hydrogen-bond donors (Lipinski definition) is 0. The number of aryl methyl sites for hydroxylation is 1. The minimum absolute atomic E-state index is 0.00104. The molecule has 2 aliphatic heterocycles. The van der Waals surface area contributed by atoms with Crippen molar-refractivity contribution in [2.75, 3.05) is 70.2 Å². The fraction of sp³-hybridized carbons (Fsp3) is 0.436. The second kappa shape index (κ2) is 16.4. The van der Waals surface area contributed by atoms with Gasteiger partial charge in [-0.25, -0.2) is 18.6 Å². The number of piperidine rings is 1. The third-order valence-corrected chi connectivity index (χ3v) is 11.9. The van der Waals surface area contributed by atoms with Crippen LogP contribution in [0.15, 0.2) is 84.1 Å². The SMILES string of the molecule is COc1ccc(CN(c2ccncn2)S(=O)c2ccc(N3CCCC(CCc4cccc(C(F)(F)F)c4)(N(C)CC4CN(C)C4)C3)cc2F)c(OC)c1. The molecule has 0 amide bonds. The summed E-state index contributed by atoms with van der Waals surface area (Å²) in [6.07, 6.45) is 1.31. The molecule has 9 nitrogen and oxygen atoms in total. The lowest BCUT2D eigenvalue weighted by atomic mass is 9.81.